The van der Waals surface area contributed by atoms with Crippen molar-refractivity contribution in [3.8, 4) is 0 Å². The van der Waals surface area contributed by atoms with E-state index in [2.05, 4.69) is 15.5 Å². The Balaban J connectivity index is 1.64. The van der Waals surface area contributed by atoms with Crippen LogP contribution in [0.4, 0.5) is 0 Å². The fourth-order valence-corrected chi connectivity index (χ4v) is 4.33. The molecule has 0 radical (unpaired) electrons. The first-order chi connectivity index (χ1) is 10.8. The number of carbonyl (C=O) groups excluding carboxylic acids is 1. The lowest BCUT2D eigenvalue weighted by atomic mass is 9.79. The summed E-state index contributed by atoms with van der Waals surface area (Å²) in [7, 11) is 0. The van der Waals surface area contributed by atoms with Crippen LogP contribution >= 0.6 is 0 Å². The van der Waals surface area contributed by atoms with Crippen molar-refractivity contribution in [3.63, 3.8) is 0 Å². The molecule has 1 saturated heterocycles. The number of H-pyrrole nitrogens is 1. The van der Waals surface area contributed by atoms with Gasteiger partial charge in [0.25, 0.3) is 0 Å². The van der Waals surface area contributed by atoms with Crippen LogP contribution in [0, 0.1) is 5.92 Å². The highest BCUT2D eigenvalue weighted by atomic mass is 16.1. The summed E-state index contributed by atoms with van der Waals surface area (Å²) in [5, 5.41) is 11.6. The Morgan fingerprint density at radius 3 is 2.91 bits per heavy atom. The van der Waals surface area contributed by atoms with Crippen LogP contribution in [0.5, 0.6) is 0 Å². The average Bonchev–Trinajstić information content (AvgIpc) is 3.28. The van der Waals surface area contributed by atoms with Gasteiger partial charge in [0.05, 0.1) is 17.3 Å². The van der Waals surface area contributed by atoms with Crippen LogP contribution in [0.1, 0.15) is 55.3 Å². The molecule has 4 nitrogen and oxygen atoms in total. The minimum atomic E-state index is -0.327. The molecule has 2 N–H and O–H groups in total. The Hall–Kier alpha value is -1.68. The lowest BCUT2D eigenvalue weighted by molar-refractivity contribution is 0.0839. The minimum absolute atomic E-state index is 0.278. The molecule has 116 valence electrons. The number of aromatic amines is 1. The third-order valence-electron chi connectivity index (χ3n) is 5.49. The van der Waals surface area contributed by atoms with Gasteiger partial charge in [-0.05, 0) is 49.9 Å². The number of fused-ring (bicyclic) bond motifs is 1. The Morgan fingerprint density at radius 1 is 1.27 bits per heavy atom. The SMILES string of the molecule is O=C(c1ccc2[nH]ncc2c1)C1(CC2CCCC2)CCCN1. The van der Waals surface area contributed by atoms with E-state index in [1.807, 2.05) is 18.2 Å². The van der Waals surface area contributed by atoms with Crippen LogP contribution in [-0.4, -0.2) is 28.1 Å². The van der Waals surface area contributed by atoms with Crippen molar-refractivity contribution < 1.29 is 4.79 Å². The van der Waals surface area contributed by atoms with Gasteiger partial charge in [-0.3, -0.25) is 9.89 Å². The van der Waals surface area contributed by atoms with E-state index in [0.29, 0.717) is 5.92 Å². The number of benzene rings is 1. The van der Waals surface area contributed by atoms with E-state index in [9.17, 15) is 4.79 Å². The van der Waals surface area contributed by atoms with Crippen LogP contribution in [0.2, 0.25) is 0 Å². The summed E-state index contributed by atoms with van der Waals surface area (Å²) in [6.07, 6.45) is 10.1. The fraction of sp³-hybridized carbons (Fsp3) is 0.556. The maximum Gasteiger partial charge on any atom is 0.182 e. The maximum absolute atomic E-state index is 13.2. The molecule has 2 aliphatic rings. The normalized spacial score (nSPS) is 26.0. The predicted molar refractivity (Wildman–Crippen MR) is 87.0 cm³/mol. The number of nitrogens with one attached hydrogen (secondary N) is 2. The summed E-state index contributed by atoms with van der Waals surface area (Å²) in [5.41, 5.74) is 1.48. The van der Waals surface area contributed by atoms with E-state index in [4.69, 9.17) is 0 Å². The third-order valence-corrected chi connectivity index (χ3v) is 5.49. The summed E-state index contributed by atoms with van der Waals surface area (Å²) in [5.74, 6) is 0.993. The van der Waals surface area contributed by atoms with Crippen molar-refractivity contribution in [3.05, 3.63) is 30.0 Å². The highest BCUT2D eigenvalue weighted by Crippen LogP contribution is 2.37. The number of hydrogen-bond donors (Lipinski definition) is 2. The zero-order valence-electron chi connectivity index (χ0n) is 12.9. The molecule has 1 saturated carbocycles. The molecule has 1 aliphatic carbocycles. The van der Waals surface area contributed by atoms with E-state index >= 15 is 0 Å². The molecule has 1 unspecified atom stereocenters. The topological polar surface area (TPSA) is 57.8 Å². The largest absolute Gasteiger partial charge is 0.305 e. The summed E-state index contributed by atoms with van der Waals surface area (Å²) in [6, 6.07) is 5.89. The molecule has 2 aromatic rings. The zero-order valence-corrected chi connectivity index (χ0v) is 12.9. The van der Waals surface area contributed by atoms with Crippen LogP contribution in [-0.2, 0) is 0 Å². The minimum Gasteiger partial charge on any atom is -0.305 e. The summed E-state index contributed by atoms with van der Waals surface area (Å²) in [4.78, 5) is 13.2. The van der Waals surface area contributed by atoms with Gasteiger partial charge in [-0.25, -0.2) is 0 Å². The van der Waals surface area contributed by atoms with Crippen LogP contribution < -0.4 is 5.32 Å². The first-order valence-corrected chi connectivity index (χ1v) is 8.50. The van der Waals surface area contributed by atoms with Gasteiger partial charge >= 0.3 is 0 Å². The second kappa shape index (κ2) is 5.51. The second-order valence-corrected chi connectivity index (χ2v) is 6.97. The van der Waals surface area contributed by atoms with Crippen molar-refractivity contribution >= 4 is 16.7 Å². The van der Waals surface area contributed by atoms with Crippen molar-refractivity contribution in [2.75, 3.05) is 6.54 Å². The summed E-state index contributed by atoms with van der Waals surface area (Å²) in [6.45, 7) is 0.965. The van der Waals surface area contributed by atoms with Gasteiger partial charge in [0, 0.05) is 10.9 Å². The molecule has 2 fully saturated rings. The van der Waals surface area contributed by atoms with Gasteiger partial charge in [0.15, 0.2) is 5.78 Å². The molecule has 2 heterocycles. The zero-order chi connectivity index (χ0) is 15.0. The van der Waals surface area contributed by atoms with Crippen molar-refractivity contribution in [2.45, 2.75) is 50.5 Å². The monoisotopic (exact) mass is 297 g/mol. The standard InChI is InChI=1S/C18H23N3O/c22-17(14-6-7-16-15(10-14)12-20-21-16)18(8-3-9-19-18)11-13-4-1-2-5-13/h6-7,10,12-13,19H,1-5,8-9,11H2,(H,20,21). The molecule has 1 atom stereocenters. The lowest BCUT2D eigenvalue weighted by Gasteiger charge is -2.31. The maximum atomic E-state index is 13.2. The van der Waals surface area contributed by atoms with Crippen LogP contribution in [0.25, 0.3) is 10.9 Å². The molecule has 4 heteroatoms. The Kier molecular flexibility index (Phi) is 3.49. The van der Waals surface area contributed by atoms with Crippen LogP contribution in [0.3, 0.4) is 0 Å². The first kappa shape index (κ1) is 13.9. The second-order valence-electron chi connectivity index (χ2n) is 6.97. The van der Waals surface area contributed by atoms with E-state index in [0.717, 1.165) is 42.3 Å². The van der Waals surface area contributed by atoms with Gasteiger partial charge in [-0.15, -0.1) is 0 Å². The number of hydrogen-bond acceptors (Lipinski definition) is 3. The molecular weight excluding hydrogens is 274 g/mol. The van der Waals surface area contributed by atoms with Crippen molar-refractivity contribution in [2.24, 2.45) is 5.92 Å². The van der Waals surface area contributed by atoms with Crippen molar-refractivity contribution in [1.82, 2.24) is 15.5 Å². The van der Waals surface area contributed by atoms with Gasteiger partial charge in [-0.1, -0.05) is 25.7 Å². The van der Waals surface area contributed by atoms with Crippen LogP contribution in [0.15, 0.2) is 24.4 Å². The molecule has 0 amide bonds. The number of Topliss-reactive ketones (excluding diaryl/α,β-unsaturated/α-hetero) is 1. The highest BCUT2D eigenvalue weighted by Gasteiger charge is 2.43. The molecule has 0 bridgehead atoms. The number of ketones is 1. The molecule has 0 spiro atoms. The number of aromatic nitrogens is 2. The summed E-state index contributed by atoms with van der Waals surface area (Å²) < 4.78 is 0. The Morgan fingerprint density at radius 2 is 2.14 bits per heavy atom. The molecule has 1 aromatic heterocycles. The van der Waals surface area contributed by atoms with E-state index in [1.54, 1.807) is 6.20 Å². The van der Waals surface area contributed by atoms with Gasteiger partial charge in [-0.2, -0.15) is 5.10 Å². The molecule has 1 aromatic carbocycles. The lowest BCUT2D eigenvalue weighted by Crippen LogP contribution is -2.48. The highest BCUT2D eigenvalue weighted by molar-refractivity contribution is 6.05. The Bertz CT molecular complexity index is 678. The number of carbonyl (C=O) groups is 1. The van der Waals surface area contributed by atoms with Gasteiger partial charge < -0.3 is 5.32 Å². The molecule has 22 heavy (non-hydrogen) atoms. The number of rotatable bonds is 4. The first-order valence-electron chi connectivity index (χ1n) is 8.50. The van der Waals surface area contributed by atoms with Crippen molar-refractivity contribution in [1.29, 1.82) is 0 Å². The predicted octanol–water partition coefficient (Wildman–Crippen LogP) is 3.45. The fourth-order valence-electron chi connectivity index (χ4n) is 4.33. The van der Waals surface area contributed by atoms with E-state index in [1.165, 1.54) is 25.7 Å². The third kappa shape index (κ3) is 2.35. The quantitative estimate of drug-likeness (QED) is 0.850. The molecular formula is C18H23N3O. The molecule has 1 aliphatic heterocycles. The summed E-state index contributed by atoms with van der Waals surface area (Å²) >= 11 is 0. The van der Waals surface area contributed by atoms with E-state index in [-0.39, 0.29) is 11.3 Å². The number of nitrogens with zero attached hydrogens (tertiary/aromatic N) is 1. The smallest absolute Gasteiger partial charge is 0.182 e. The molecule has 4 rings (SSSR count). The van der Waals surface area contributed by atoms with Gasteiger partial charge in [0.2, 0.25) is 0 Å². The average molecular weight is 297 g/mol. The van der Waals surface area contributed by atoms with E-state index < -0.39 is 0 Å². The van der Waals surface area contributed by atoms with Gasteiger partial charge in [0.1, 0.15) is 0 Å². The Labute approximate surface area is 130 Å².